The molecule has 0 N–H and O–H groups in total. The minimum Gasteiger partial charge on any atom is -0.462 e. The summed E-state index contributed by atoms with van der Waals surface area (Å²) >= 11 is 0. The van der Waals surface area contributed by atoms with Gasteiger partial charge in [0.1, 0.15) is 13.2 Å². The third-order valence-corrected chi connectivity index (χ3v) is 12.1. The lowest BCUT2D eigenvalue weighted by Crippen LogP contribution is -2.30. The van der Waals surface area contributed by atoms with Crippen LogP contribution in [0.25, 0.3) is 0 Å². The fourth-order valence-corrected chi connectivity index (χ4v) is 7.90. The van der Waals surface area contributed by atoms with Crippen LogP contribution in [-0.2, 0) is 28.6 Å². The number of rotatable bonds is 50. The number of hydrogen-bond donors (Lipinski definition) is 0. The molecule has 0 aromatic carbocycles. The number of carbonyl (C=O) groups excluding carboxylic acids is 3. The van der Waals surface area contributed by atoms with E-state index in [9.17, 15) is 14.4 Å². The first-order chi connectivity index (χ1) is 31.0. The van der Waals surface area contributed by atoms with Gasteiger partial charge in [-0.15, -0.1) is 0 Å². The van der Waals surface area contributed by atoms with E-state index in [1.165, 1.54) is 173 Å². The van der Waals surface area contributed by atoms with Crippen LogP contribution in [0.1, 0.15) is 290 Å². The number of unbranched alkanes of at least 4 members (excludes halogenated alkanes) is 33. The minimum atomic E-state index is -0.781. The Hall–Kier alpha value is -2.37. The molecule has 0 aliphatic rings. The van der Waals surface area contributed by atoms with E-state index in [4.69, 9.17) is 14.2 Å². The molecule has 0 atom stereocenters. The van der Waals surface area contributed by atoms with Crippen LogP contribution in [-0.4, -0.2) is 37.2 Å². The zero-order chi connectivity index (χ0) is 45.8. The van der Waals surface area contributed by atoms with Crippen LogP contribution >= 0.6 is 0 Å². The third kappa shape index (κ3) is 50.5. The molecule has 0 aliphatic heterocycles. The van der Waals surface area contributed by atoms with Crippen LogP contribution in [0.2, 0.25) is 0 Å². The van der Waals surface area contributed by atoms with E-state index >= 15 is 0 Å². The molecule has 6 heteroatoms. The SMILES string of the molecule is CCCCCCCC/C=C/CCCCCCCC(=O)O[13CH2][13CH]([13CH2]OC(=O)CCCCCCC/C=C/CCCCCCCC)OC(=O)CCCCCCC/C=C/CCCCCCCC. The van der Waals surface area contributed by atoms with Crippen LogP contribution in [0, 0.1) is 0 Å². The summed E-state index contributed by atoms with van der Waals surface area (Å²) in [6, 6.07) is 0. The molecule has 0 radical (unpaired) electrons. The fourth-order valence-electron chi connectivity index (χ4n) is 7.90. The summed E-state index contributed by atoms with van der Waals surface area (Å²) in [7, 11) is 0. The first-order valence-corrected chi connectivity index (χ1v) is 27.5. The summed E-state index contributed by atoms with van der Waals surface area (Å²) in [5, 5.41) is 0. The molecule has 0 aliphatic carbocycles. The lowest BCUT2D eigenvalue weighted by atomic mass is 10.1. The molecule has 0 saturated heterocycles. The van der Waals surface area contributed by atoms with Crippen molar-refractivity contribution in [2.75, 3.05) is 13.2 Å². The molecule has 6 nitrogen and oxygen atoms in total. The number of hydrogen-bond acceptors (Lipinski definition) is 6. The molecular formula is C57H104O6. The molecule has 63 heavy (non-hydrogen) atoms. The molecular weight excluding hydrogens is 784 g/mol. The third-order valence-electron chi connectivity index (χ3n) is 12.1. The van der Waals surface area contributed by atoms with Crippen molar-refractivity contribution in [3.63, 3.8) is 0 Å². The average molecular weight is 888 g/mol. The topological polar surface area (TPSA) is 78.9 Å². The molecule has 0 rings (SSSR count). The Morgan fingerprint density at radius 3 is 0.794 bits per heavy atom. The number of carbonyl (C=O) groups is 3. The van der Waals surface area contributed by atoms with Crippen LogP contribution < -0.4 is 0 Å². The quantitative estimate of drug-likeness (QED) is 0.0199. The van der Waals surface area contributed by atoms with Gasteiger partial charge in [0, 0.05) is 19.3 Å². The van der Waals surface area contributed by atoms with Crippen LogP contribution in [0.15, 0.2) is 36.5 Å². The van der Waals surface area contributed by atoms with E-state index < -0.39 is 6.10 Å². The maximum absolute atomic E-state index is 12.8. The first-order valence-electron chi connectivity index (χ1n) is 27.5. The molecule has 0 amide bonds. The van der Waals surface area contributed by atoms with Gasteiger partial charge in [0.05, 0.1) is 0 Å². The van der Waals surface area contributed by atoms with Gasteiger partial charge in [0.15, 0.2) is 6.10 Å². The van der Waals surface area contributed by atoms with Crippen molar-refractivity contribution in [3.05, 3.63) is 36.5 Å². The Labute approximate surface area is 391 Å². The summed E-state index contributed by atoms with van der Waals surface area (Å²) in [5.74, 6) is -0.893. The van der Waals surface area contributed by atoms with Crippen molar-refractivity contribution in [2.45, 2.75) is 297 Å². The van der Waals surface area contributed by atoms with Crippen molar-refractivity contribution < 1.29 is 28.6 Å². The average Bonchev–Trinajstić information content (AvgIpc) is 3.28. The van der Waals surface area contributed by atoms with Crippen molar-refractivity contribution in [2.24, 2.45) is 0 Å². The van der Waals surface area contributed by atoms with Crippen LogP contribution in [0.3, 0.4) is 0 Å². The van der Waals surface area contributed by atoms with Gasteiger partial charge in [-0.1, -0.05) is 211 Å². The van der Waals surface area contributed by atoms with Gasteiger partial charge < -0.3 is 14.2 Å². The molecule has 0 unspecified atom stereocenters. The van der Waals surface area contributed by atoms with E-state index in [-0.39, 0.29) is 31.1 Å². The second-order valence-corrected chi connectivity index (χ2v) is 18.5. The highest BCUT2D eigenvalue weighted by atomic mass is 16.7. The summed E-state index contributed by atoms with van der Waals surface area (Å²) in [6.07, 6.45) is 61.2. The molecule has 0 spiro atoms. The highest BCUT2D eigenvalue weighted by molar-refractivity contribution is 5.71. The standard InChI is InChI=1S/C57H104O6/c1-4-7-10-13-16-19-22-25-28-31-34-37-40-43-46-49-55(58)61-52-54(63-57(60)51-48-45-42-39-36-33-30-27-24-21-18-15-12-9-6-3)53-62-56(59)50-47-44-41-38-35-32-29-26-23-20-17-14-11-8-5-2/h25-30,54H,4-24,31-53H2,1-3H3/b28-25+,29-26+,30-27+/i52+1,53+1,54+1. The monoisotopic (exact) mass is 888 g/mol. The van der Waals surface area contributed by atoms with E-state index in [0.29, 0.717) is 19.3 Å². The summed E-state index contributed by atoms with van der Waals surface area (Å²) in [5.41, 5.74) is 0. The summed E-state index contributed by atoms with van der Waals surface area (Å²) in [4.78, 5) is 38.0. The maximum Gasteiger partial charge on any atom is 0.306 e. The van der Waals surface area contributed by atoms with Gasteiger partial charge >= 0.3 is 17.9 Å². The van der Waals surface area contributed by atoms with Gasteiger partial charge in [0.2, 0.25) is 0 Å². The Balaban J connectivity index is 4.39. The van der Waals surface area contributed by atoms with Crippen molar-refractivity contribution in [1.29, 1.82) is 0 Å². The predicted molar refractivity (Wildman–Crippen MR) is 270 cm³/mol. The van der Waals surface area contributed by atoms with Crippen LogP contribution in [0.5, 0.6) is 0 Å². The smallest absolute Gasteiger partial charge is 0.306 e. The second kappa shape index (κ2) is 52.3. The van der Waals surface area contributed by atoms with E-state index in [1.807, 2.05) is 0 Å². The fraction of sp³-hybridized carbons (Fsp3) is 0.842. The highest BCUT2D eigenvalue weighted by Crippen LogP contribution is 2.15. The minimum absolute atomic E-state index is 0.0806. The van der Waals surface area contributed by atoms with E-state index in [0.717, 1.165) is 77.0 Å². The van der Waals surface area contributed by atoms with Crippen molar-refractivity contribution >= 4 is 17.9 Å². The highest BCUT2D eigenvalue weighted by Gasteiger charge is 2.19. The Bertz CT molecular complexity index is 1010. The Morgan fingerprint density at radius 2 is 0.524 bits per heavy atom. The Morgan fingerprint density at radius 1 is 0.302 bits per heavy atom. The van der Waals surface area contributed by atoms with E-state index in [2.05, 4.69) is 57.2 Å². The Kier molecular flexibility index (Phi) is 50.3. The number of allylic oxidation sites excluding steroid dienone is 6. The molecule has 0 saturated carbocycles. The molecule has 0 heterocycles. The largest absolute Gasteiger partial charge is 0.462 e. The number of ether oxygens (including phenoxy) is 3. The van der Waals surface area contributed by atoms with E-state index in [1.54, 1.807) is 0 Å². The van der Waals surface area contributed by atoms with Gasteiger partial charge in [-0.05, 0) is 96.3 Å². The first kappa shape index (κ1) is 60.6. The van der Waals surface area contributed by atoms with Gasteiger partial charge in [-0.3, -0.25) is 14.4 Å². The lowest BCUT2D eigenvalue weighted by molar-refractivity contribution is -0.167. The zero-order valence-electron chi connectivity index (χ0n) is 42.1. The second-order valence-electron chi connectivity index (χ2n) is 18.5. The maximum atomic E-state index is 12.8. The molecule has 0 aromatic heterocycles. The summed E-state index contributed by atoms with van der Waals surface area (Å²) in [6.45, 7) is 6.63. The molecule has 0 aromatic rings. The summed E-state index contributed by atoms with van der Waals surface area (Å²) < 4.78 is 16.8. The van der Waals surface area contributed by atoms with Crippen molar-refractivity contribution in [1.82, 2.24) is 0 Å². The molecule has 0 fully saturated rings. The zero-order valence-corrected chi connectivity index (χ0v) is 42.1. The van der Waals surface area contributed by atoms with Crippen molar-refractivity contribution in [3.8, 4) is 0 Å². The normalized spacial score (nSPS) is 11.8. The van der Waals surface area contributed by atoms with Gasteiger partial charge in [0.25, 0.3) is 0 Å². The lowest BCUT2D eigenvalue weighted by Gasteiger charge is -2.18. The van der Waals surface area contributed by atoms with Crippen LogP contribution in [0.4, 0.5) is 0 Å². The number of esters is 3. The van der Waals surface area contributed by atoms with Gasteiger partial charge in [-0.2, -0.15) is 0 Å². The predicted octanol–water partition coefficient (Wildman–Crippen LogP) is 18.1. The molecule has 0 bridgehead atoms. The molecule has 368 valence electrons. The van der Waals surface area contributed by atoms with Gasteiger partial charge in [-0.25, -0.2) is 0 Å².